The second-order valence-corrected chi connectivity index (χ2v) is 6.57. The van der Waals surface area contributed by atoms with Crippen molar-refractivity contribution in [1.29, 1.82) is 0 Å². The van der Waals surface area contributed by atoms with Gasteiger partial charge in [-0.1, -0.05) is 72.8 Å². The summed E-state index contributed by atoms with van der Waals surface area (Å²) < 4.78 is 14.4. The highest BCUT2D eigenvalue weighted by atomic mass is 19.1. The van der Waals surface area contributed by atoms with Crippen LogP contribution in [-0.4, -0.2) is 20.7 Å². The largest absolute Gasteiger partial charge is 0.350 e. The van der Waals surface area contributed by atoms with Crippen LogP contribution in [0.2, 0.25) is 0 Å². The summed E-state index contributed by atoms with van der Waals surface area (Å²) in [7, 11) is 0. The molecule has 1 aromatic heterocycles. The van der Waals surface area contributed by atoms with E-state index in [1.165, 1.54) is 16.8 Å². The zero-order valence-corrected chi connectivity index (χ0v) is 15.6. The first-order chi connectivity index (χ1) is 14.2. The van der Waals surface area contributed by atoms with Crippen LogP contribution in [0.1, 0.15) is 15.9 Å². The predicted octanol–water partition coefficient (Wildman–Crippen LogP) is 4.58. The van der Waals surface area contributed by atoms with E-state index >= 15 is 0 Å². The second-order valence-electron chi connectivity index (χ2n) is 6.57. The Morgan fingerprint density at radius 1 is 0.862 bits per heavy atom. The molecule has 5 nitrogen and oxygen atoms in total. The van der Waals surface area contributed by atoms with Gasteiger partial charge in [-0.3, -0.25) is 4.79 Å². The molecule has 0 fully saturated rings. The summed E-state index contributed by atoms with van der Waals surface area (Å²) in [4.78, 5) is 17.4. The molecule has 0 bridgehead atoms. The van der Waals surface area contributed by atoms with Gasteiger partial charge in [0.25, 0.3) is 5.91 Å². The molecule has 0 saturated carbocycles. The van der Waals surface area contributed by atoms with Gasteiger partial charge in [0.1, 0.15) is 5.82 Å². The lowest BCUT2D eigenvalue weighted by Gasteiger charge is -2.07. The van der Waals surface area contributed by atoms with Crippen LogP contribution in [0.4, 0.5) is 10.3 Å². The first-order valence-corrected chi connectivity index (χ1v) is 9.27. The van der Waals surface area contributed by atoms with Crippen LogP contribution in [-0.2, 0) is 13.0 Å². The van der Waals surface area contributed by atoms with E-state index in [9.17, 15) is 9.18 Å². The average molecular weight is 386 g/mol. The summed E-state index contributed by atoms with van der Waals surface area (Å²) >= 11 is 0. The maximum atomic E-state index is 13.1. The standard InChI is InChI=1S/C23H19FN4O/c24-20-13-11-18(12-14-20)16-25-23-26-22(19-9-5-2-6-10-19)27-28(23)21(29)15-17-7-3-1-4-8-17/h1-14H,15-16H2,(H,25,26,27). The van der Waals surface area contributed by atoms with Gasteiger partial charge in [-0.05, 0) is 23.3 Å². The van der Waals surface area contributed by atoms with Crippen molar-refractivity contribution in [3.05, 3.63) is 102 Å². The summed E-state index contributed by atoms with van der Waals surface area (Å²) in [5.74, 6) is 0.344. The number of nitrogens with one attached hydrogen (secondary N) is 1. The van der Waals surface area contributed by atoms with Crippen LogP contribution in [0.15, 0.2) is 84.9 Å². The molecule has 4 aromatic rings. The topological polar surface area (TPSA) is 59.8 Å². The smallest absolute Gasteiger partial charge is 0.254 e. The average Bonchev–Trinajstić information content (AvgIpc) is 3.19. The molecule has 144 valence electrons. The number of halogens is 1. The maximum Gasteiger partial charge on any atom is 0.254 e. The van der Waals surface area contributed by atoms with Gasteiger partial charge in [0.2, 0.25) is 5.95 Å². The fourth-order valence-electron chi connectivity index (χ4n) is 2.94. The lowest BCUT2D eigenvalue weighted by atomic mass is 10.1. The molecule has 6 heteroatoms. The van der Waals surface area contributed by atoms with Gasteiger partial charge in [-0.2, -0.15) is 9.67 Å². The molecule has 0 aliphatic rings. The van der Waals surface area contributed by atoms with Crippen molar-refractivity contribution in [2.24, 2.45) is 0 Å². The van der Waals surface area contributed by atoms with Crippen LogP contribution in [0.25, 0.3) is 11.4 Å². The van der Waals surface area contributed by atoms with Gasteiger partial charge in [0.05, 0.1) is 6.42 Å². The molecule has 0 aliphatic heterocycles. The molecule has 0 aliphatic carbocycles. The van der Waals surface area contributed by atoms with Crippen LogP contribution in [0.5, 0.6) is 0 Å². The molecule has 4 rings (SSSR count). The van der Waals surface area contributed by atoms with Crippen LogP contribution >= 0.6 is 0 Å². The molecular weight excluding hydrogens is 367 g/mol. The number of nitrogens with zero attached hydrogens (tertiary/aromatic N) is 3. The van der Waals surface area contributed by atoms with E-state index in [2.05, 4.69) is 15.4 Å². The molecule has 1 N–H and O–H groups in total. The molecule has 0 atom stereocenters. The number of benzene rings is 3. The third-order valence-corrected chi connectivity index (χ3v) is 4.44. The van der Waals surface area contributed by atoms with E-state index in [0.29, 0.717) is 18.3 Å². The number of hydrogen-bond acceptors (Lipinski definition) is 4. The Morgan fingerprint density at radius 3 is 2.21 bits per heavy atom. The van der Waals surface area contributed by atoms with E-state index < -0.39 is 0 Å². The molecule has 0 unspecified atom stereocenters. The Bertz CT molecular complexity index is 1090. The van der Waals surface area contributed by atoms with Gasteiger partial charge in [0.15, 0.2) is 5.82 Å². The van der Waals surface area contributed by atoms with Crippen molar-refractivity contribution in [3.8, 4) is 11.4 Å². The van der Waals surface area contributed by atoms with Crippen molar-refractivity contribution in [1.82, 2.24) is 14.8 Å². The summed E-state index contributed by atoms with van der Waals surface area (Å²) in [6.07, 6.45) is 0.212. The molecule has 0 amide bonds. The molecule has 3 aromatic carbocycles. The highest BCUT2D eigenvalue weighted by Gasteiger charge is 2.17. The second kappa shape index (κ2) is 8.48. The number of carbonyl (C=O) groups is 1. The first-order valence-electron chi connectivity index (χ1n) is 9.27. The normalized spacial score (nSPS) is 10.7. The number of aromatic nitrogens is 3. The van der Waals surface area contributed by atoms with Crippen LogP contribution in [0, 0.1) is 5.82 Å². The van der Waals surface area contributed by atoms with Gasteiger partial charge in [-0.25, -0.2) is 4.39 Å². The molecule has 29 heavy (non-hydrogen) atoms. The van der Waals surface area contributed by atoms with E-state index in [1.54, 1.807) is 12.1 Å². The Morgan fingerprint density at radius 2 is 1.52 bits per heavy atom. The van der Waals surface area contributed by atoms with Crippen molar-refractivity contribution >= 4 is 11.9 Å². The van der Waals surface area contributed by atoms with Crippen LogP contribution in [0.3, 0.4) is 0 Å². The van der Waals surface area contributed by atoms with Gasteiger partial charge < -0.3 is 5.32 Å². The summed E-state index contributed by atoms with van der Waals surface area (Å²) in [6, 6.07) is 25.2. The summed E-state index contributed by atoms with van der Waals surface area (Å²) in [5, 5.41) is 7.59. The summed E-state index contributed by atoms with van der Waals surface area (Å²) in [5.41, 5.74) is 2.60. The Hall–Kier alpha value is -3.80. The Labute approximate surface area is 167 Å². The SMILES string of the molecule is O=C(Cc1ccccc1)n1nc(-c2ccccc2)nc1NCc1ccc(F)cc1. The Kier molecular flexibility index (Phi) is 5.42. The highest BCUT2D eigenvalue weighted by Crippen LogP contribution is 2.19. The van der Waals surface area contributed by atoms with E-state index in [-0.39, 0.29) is 18.1 Å². The van der Waals surface area contributed by atoms with Gasteiger partial charge >= 0.3 is 0 Å². The number of anilines is 1. The number of carbonyl (C=O) groups excluding carboxylic acids is 1. The fraction of sp³-hybridized carbons (Fsp3) is 0.0870. The lowest BCUT2D eigenvalue weighted by molar-refractivity contribution is 0.0901. The van der Waals surface area contributed by atoms with E-state index in [4.69, 9.17) is 0 Å². The third kappa shape index (κ3) is 4.55. The van der Waals surface area contributed by atoms with Crippen molar-refractivity contribution < 1.29 is 9.18 Å². The zero-order valence-electron chi connectivity index (χ0n) is 15.6. The van der Waals surface area contributed by atoms with E-state index in [0.717, 1.165) is 16.7 Å². The molecule has 0 radical (unpaired) electrons. The zero-order chi connectivity index (χ0) is 20.1. The van der Waals surface area contributed by atoms with E-state index in [1.807, 2.05) is 60.7 Å². The number of hydrogen-bond donors (Lipinski definition) is 1. The highest BCUT2D eigenvalue weighted by molar-refractivity contribution is 5.83. The fourth-order valence-corrected chi connectivity index (χ4v) is 2.94. The molecule has 1 heterocycles. The monoisotopic (exact) mass is 386 g/mol. The van der Waals surface area contributed by atoms with Crippen molar-refractivity contribution in [3.63, 3.8) is 0 Å². The van der Waals surface area contributed by atoms with Crippen molar-refractivity contribution in [2.75, 3.05) is 5.32 Å². The minimum absolute atomic E-state index is 0.188. The maximum absolute atomic E-state index is 13.1. The first kappa shape index (κ1) is 18.6. The molecule has 0 spiro atoms. The lowest BCUT2D eigenvalue weighted by Crippen LogP contribution is -2.18. The minimum Gasteiger partial charge on any atom is -0.350 e. The predicted molar refractivity (Wildman–Crippen MR) is 110 cm³/mol. The molecular formula is C23H19FN4O. The Balaban J connectivity index is 1.61. The van der Waals surface area contributed by atoms with Crippen molar-refractivity contribution in [2.45, 2.75) is 13.0 Å². The van der Waals surface area contributed by atoms with Crippen LogP contribution < -0.4 is 5.32 Å². The van der Waals surface area contributed by atoms with Gasteiger partial charge in [0, 0.05) is 12.1 Å². The third-order valence-electron chi connectivity index (χ3n) is 4.44. The minimum atomic E-state index is -0.290. The molecule has 0 saturated heterocycles. The van der Waals surface area contributed by atoms with Gasteiger partial charge in [-0.15, -0.1) is 5.10 Å². The summed E-state index contributed by atoms with van der Waals surface area (Å²) in [6.45, 7) is 0.395. The number of rotatable bonds is 6. The quantitative estimate of drug-likeness (QED) is 0.527.